The Morgan fingerprint density at radius 3 is 2.79 bits per heavy atom. The first kappa shape index (κ1) is 9.27. The molecule has 1 fully saturated rings. The molecule has 4 heteroatoms. The van der Waals surface area contributed by atoms with E-state index in [0.717, 1.165) is 12.8 Å². The summed E-state index contributed by atoms with van der Waals surface area (Å²) in [6.07, 6.45) is 1.80. The maximum Gasteiger partial charge on any atom is 0.148 e. The number of nitrogen functional groups attached to an aromatic ring is 1. The third-order valence-electron chi connectivity index (χ3n) is 2.61. The summed E-state index contributed by atoms with van der Waals surface area (Å²) in [6, 6.07) is 4.63. The molecule has 1 aliphatic rings. The lowest BCUT2D eigenvalue weighted by atomic mass is 10.2. The van der Waals surface area contributed by atoms with Crippen molar-refractivity contribution in [3.8, 4) is 0 Å². The molecule has 0 amide bonds. The summed E-state index contributed by atoms with van der Waals surface area (Å²) in [6.45, 7) is 0.0585. The molecular weight excluding hydrogens is 183 g/mol. The van der Waals surface area contributed by atoms with Gasteiger partial charge < -0.3 is 16.2 Å². The molecule has 1 aliphatic carbocycles. The predicted molar refractivity (Wildman–Crippen MR) is 53.5 cm³/mol. The number of hydrogen-bond donors (Lipinski definition) is 3. The number of nitrogens with one attached hydrogen (secondary N) is 1. The number of rotatable bonds is 3. The SMILES string of the molecule is Nc1c(F)cccc1NC1(CO)CC1. The van der Waals surface area contributed by atoms with E-state index in [0.29, 0.717) is 5.69 Å². The maximum absolute atomic E-state index is 13.1. The summed E-state index contributed by atoms with van der Waals surface area (Å²) in [5, 5.41) is 12.2. The summed E-state index contributed by atoms with van der Waals surface area (Å²) < 4.78 is 13.1. The van der Waals surface area contributed by atoms with E-state index in [1.165, 1.54) is 6.07 Å². The molecule has 0 saturated heterocycles. The fraction of sp³-hybridized carbons (Fsp3) is 0.400. The molecule has 0 unspecified atom stereocenters. The van der Waals surface area contributed by atoms with Crippen molar-refractivity contribution >= 4 is 11.4 Å². The van der Waals surface area contributed by atoms with Crippen LogP contribution in [0.15, 0.2) is 18.2 Å². The van der Waals surface area contributed by atoms with Crippen LogP contribution in [0.4, 0.5) is 15.8 Å². The smallest absolute Gasteiger partial charge is 0.148 e. The molecule has 76 valence electrons. The first-order valence-corrected chi connectivity index (χ1v) is 4.60. The summed E-state index contributed by atoms with van der Waals surface area (Å²) in [5.74, 6) is -0.427. The Morgan fingerprint density at radius 1 is 1.50 bits per heavy atom. The van der Waals surface area contributed by atoms with Crippen molar-refractivity contribution in [1.82, 2.24) is 0 Å². The lowest BCUT2D eigenvalue weighted by molar-refractivity contribution is 0.266. The Bertz CT molecular complexity index is 350. The summed E-state index contributed by atoms with van der Waals surface area (Å²) in [4.78, 5) is 0. The van der Waals surface area contributed by atoms with Crippen LogP contribution < -0.4 is 11.1 Å². The number of nitrogens with two attached hydrogens (primary N) is 1. The highest BCUT2D eigenvalue weighted by Gasteiger charge is 2.42. The third kappa shape index (κ3) is 1.53. The van der Waals surface area contributed by atoms with Crippen LogP contribution in [0, 0.1) is 5.82 Å². The second kappa shape index (κ2) is 3.13. The zero-order valence-corrected chi connectivity index (χ0v) is 7.76. The summed E-state index contributed by atoms with van der Waals surface area (Å²) in [5.41, 5.74) is 5.98. The summed E-state index contributed by atoms with van der Waals surface area (Å²) in [7, 11) is 0. The molecule has 0 heterocycles. The zero-order chi connectivity index (χ0) is 10.2. The Hall–Kier alpha value is -1.29. The van der Waals surface area contributed by atoms with Crippen molar-refractivity contribution in [2.45, 2.75) is 18.4 Å². The highest BCUT2D eigenvalue weighted by Crippen LogP contribution is 2.39. The van der Waals surface area contributed by atoms with Gasteiger partial charge in [-0.05, 0) is 25.0 Å². The molecular formula is C10H13FN2O. The molecule has 1 aromatic carbocycles. The predicted octanol–water partition coefficient (Wildman–Crippen LogP) is 1.34. The average molecular weight is 196 g/mol. The van der Waals surface area contributed by atoms with Crippen molar-refractivity contribution in [1.29, 1.82) is 0 Å². The number of hydrogen-bond acceptors (Lipinski definition) is 3. The average Bonchev–Trinajstić information content (AvgIpc) is 2.94. The minimum atomic E-state index is -0.427. The van der Waals surface area contributed by atoms with Gasteiger partial charge in [-0.3, -0.25) is 0 Å². The van der Waals surface area contributed by atoms with Gasteiger partial charge in [0.2, 0.25) is 0 Å². The van der Waals surface area contributed by atoms with Crippen LogP contribution in [-0.4, -0.2) is 17.3 Å². The van der Waals surface area contributed by atoms with E-state index in [2.05, 4.69) is 5.32 Å². The minimum Gasteiger partial charge on any atom is -0.395 e. The van der Waals surface area contributed by atoms with Gasteiger partial charge in [-0.1, -0.05) is 6.07 Å². The van der Waals surface area contributed by atoms with Gasteiger partial charge in [-0.25, -0.2) is 4.39 Å². The normalized spacial score (nSPS) is 17.9. The van der Waals surface area contributed by atoms with Crippen LogP contribution in [-0.2, 0) is 0 Å². The van der Waals surface area contributed by atoms with Crippen LogP contribution in [0.1, 0.15) is 12.8 Å². The minimum absolute atomic E-state index is 0.0585. The van der Waals surface area contributed by atoms with Gasteiger partial charge in [-0.15, -0.1) is 0 Å². The number of aliphatic hydroxyl groups excluding tert-OH is 1. The van der Waals surface area contributed by atoms with Gasteiger partial charge in [0, 0.05) is 0 Å². The van der Waals surface area contributed by atoms with Crippen LogP contribution in [0.3, 0.4) is 0 Å². The van der Waals surface area contributed by atoms with Gasteiger partial charge >= 0.3 is 0 Å². The molecule has 1 aromatic rings. The molecule has 0 atom stereocenters. The lowest BCUT2D eigenvalue weighted by Crippen LogP contribution is -2.26. The fourth-order valence-electron chi connectivity index (χ4n) is 1.41. The van der Waals surface area contributed by atoms with E-state index in [1.807, 2.05) is 0 Å². The molecule has 0 radical (unpaired) electrons. The highest BCUT2D eigenvalue weighted by molar-refractivity contribution is 5.68. The van der Waals surface area contributed by atoms with Crippen LogP contribution in [0.25, 0.3) is 0 Å². The molecule has 4 N–H and O–H groups in total. The van der Waals surface area contributed by atoms with E-state index < -0.39 is 5.82 Å². The lowest BCUT2D eigenvalue weighted by Gasteiger charge is -2.17. The van der Waals surface area contributed by atoms with Gasteiger partial charge in [0.15, 0.2) is 0 Å². The first-order chi connectivity index (χ1) is 6.67. The largest absolute Gasteiger partial charge is 0.395 e. The number of aliphatic hydroxyl groups is 1. The molecule has 3 nitrogen and oxygen atoms in total. The van der Waals surface area contributed by atoms with E-state index >= 15 is 0 Å². The fourth-order valence-corrected chi connectivity index (χ4v) is 1.41. The van der Waals surface area contributed by atoms with E-state index in [1.54, 1.807) is 12.1 Å². The number of para-hydroxylation sites is 1. The second-order valence-electron chi connectivity index (χ2n) is 3.76. The molecule has 0 bridgehead atoms. The summed E-state index contributed by atoms with van der Waals surface area (Å²) >= 11 is 0. The van der Waals surface area contributed by atoms with E-state index in [9.17, 15) is 4.39 Å². The Balaban J connectivity index is 2.21. The van der Waals surface area contributed by atoms with Gasteiger partial charge in [0.05, 0.1) is 23.5 Å². The zero-order valence-electron chi connectivity index (χ0n) is 7.76. The van der Waals surface area contributed by atoms with Crippen molar-refractivity contribution in [2.75, 3.05) is 17.7 Å². The molecule has 0 aromatic heterocycles. The number of benzene rings is 1. The van der Waals surface area contributed by atoms with Crippen molar-refractivity contribution in [3.05, 3.63) is 24.0 Å². The number of halogens is 1. The van der Waals surface area contributed by atoms with Gasteiger partial charge in [-0.2, -0.15) is 0 Å². The molecule has 2 rings (SSSR count). The molecule has 1 saturated carbocycles. The highest BCUT2D eigenvalue weighted by atomic mass is 19.1. The Morgan fingerprint density at radius 2 is 2.21 bits per heavy atom. The van der Waals surface area contributed by atoms with Crippen molar-refractivity contribution in [2.24, 2.45) is 0 Å². The number of anilines is 2. The van der Waals surface area contributed by atoms with E-state index in [4.69, 9.17) is 10.8 Å². The first-order valence-electron chi connectivity index (χ1n) is 4.60. The van der Waals surface area contributed by atoms with Crippen LogP contribution in [0.5, 0.6) is 0 Å². The van der Waals surface area contributed by atoms with Crippen molar-refractivity contribution in [3.63, 3.8) is 0 Å². The third-order valence-corrected chi connectivity index (χ3v) is 2.61. The van der Waals surface area contributed by atoms with Crippen LogP contribution in [0.2, 0.25) is 0 Å². The monoisotopic (exact) mass is 196 g/mol. The molecule has 14 heavy (non-hydrogen) atoms. The van der Waals surface area contributed by atoms with E-state index in [-0.39, 0.29) is 17.8 Å². The molecule has 0 spiro atoms. The second-order valence-corrected chi connectivity index (χ2v) is 3.76. The standard InChI is InChI=1S/C10H13FN2O/c11-7-2-1-3-8(9(7)12)13-10(6-14)4-5-10/h1-3,13-14H,4-6,12H2. The van der Waals surface area contributed by atoms with Gasteiger partial charge in [0.25, 0.3) is 0 Å². The van der Waals surface area contributed by atoms with Gasteiger partial charge in [0.1, 0.15) is 5.82 Å². The van der Waals surface area contributed by atoms with Crippen molar-refractivity contribution < 1.29 is 9.50 Å². The Labute approximate surface area is 81.7 Å². The molecule has 0 aliphatic heterocycles. The quantitative estimate of drug-likeness (QED) is 0.639. The van der Waals surface area contributed by atoms with Crippen LogP contribution >= 0.6 is 0 Å². The maximum atomic E-state index is 13.1. The Kier molecular flexibility index (Phi) is 2.07. The topological polar surface area (TPSA) is 58.3 Å².